The molecule has 1 aromatic heterocycles. The average molecular weight is 415 g/mol. The van der Waals surface area contributed by atoms with Crippen molar-refractivity contribution in [1.82, 2.24) is 10.3 Å². The van der Waals surface area contributed by atoms with Crippen LogP contribution in [0.25, 0.3) is 0 Å². The van der Waals surface area contributed by atoms with Crippen LogP contribution >= 0.6 is 34.2 Å². The summed E-state index contributed by atoms with van der Waals surface area (Å²) < 4.78 is 1.23. The smallest absolute Gasteiger partial charge is 0.0450 e. The molecule has 0 aliphatic carbocycles. The van der Waals surface area contributed by atoms with Gasteiger partial charge < -0.3 is 5.32 Å². The maximum Gasteiger partial charge on any atom is 0.0450 e. The molecule has 0 saturated carbocycles. The highest BCUT2D eigenvalue weighted by Crippen LogP contribution is 2.33. The lowest BCUT2D eigenvalue weighted by molar-refractivity contribution is 0.458. The van der Waals surface area contributed by atoms with Crippen molar-refractivity contribution in [3.63, 3.8) is 0 Å². The Kier molecular flexibility index (Phi) is 6.45. The Hall–Kier alpha value is -0.650. The van der Waals surface area contributed by atoms with Crippen LogP contribution in [0.3, 0.4) is 0 Å². The monoisotopic (exact) mass is 414 g/mol. The molecular weight excluding hydrogens is 395 g/mol. The number of hydrogen-bond acceptors (Lipinski definition) is 2. The van der Waals surface area contributed by atoms with Crippen molar-refractivity contribution < 1.29 is 0 Å². The van der Waals surface area contributed by atoms with Crippen LogP contribution in [0.1, 0.15) is 43.5 Å². The van der Waals surface area contributed by atoms with Crippen molar-refractivity contribution in [3.05, 3.63) is 62.4 Å². The lowest BCUT2D eigenvalue weighted by Gasteiger charge is -2.26. The number of rotatable bonds is 6. The van der Waals surface area contributed by atoms with E-state index in [1.54, 1.807) is 0 Å². The van der Waals surface area contributed by atoms with Crippen molar-refractivity contribution in [2.75, 3.05) is 6.54 Å². The van der Waals surface area contributed by atoms with E-state index in [0.29, 0.717) is 0 Å². The summed E-state index contributed by atoms with van der Waals surface area (Å²) in [6.07, 6.45) is 2.95. The third-order valence-corrected chi connectivity index (χ3v) is 4.78. The molecule has 0 aliphatic heterocycles. The third-order valence-electron chi connectivity index (χ3n) is 3.56. The molecule has 0 radical (unpaired) electrons. The lowest BCUT2D eigenvalue weighted by atomic mass is 9.91. The number of halogens is 2. The fourth-order valence-electron chi connectivity index (χ4n) is 2.42. The predicted molar refractivity (Wildman–Crippen MR) is 97.9 cm³/mol. The summed E-state index contributed by atoms with van der Waals surface area (Å²) in [5.74, 6) is 0.282. The molecule has 2 rings (SSSR count). The summed E-state index contributed by atoms with van der Waals surface area (Å²) in [5, 5.41) is 4.43. The second kappa shape index (κ2) is 8.11. The average Bonchev–Trinajstić information content (AvgIpc) is 2.51. The van der Waals surface area contributed by atoms with E-state index in [4.69, 9.17) is 11.6 Å². The van der Waals surface area contributed by atoms with Crippen molar-refractivity contribution in [1.29, 1.82) is 0 Å². The van der Waals surface area contributed by atoms with E-state index < -0.39 is 0 Å². The Morgan fingerprint density at radius 2 is 2.10 bits per heavy atom. The van der Waals surface area contributed by atoms with E-state index in [1.807, 2.05) is 24.4 Å². The zero-order valence-electron chi connectivity index (χ0n) is 12.3. The van der Waals surface area contributed by atoms with Crippen LogP contribution in [0.15, 0.2) is 42.6 Å². The number of nitrogens with zero attached hydrogens (tertiary/aromatic N) is 1. The summed E-state index contributed by atoms with van der Waals surface area (Å²) in [6, 6.07) is 12.4. The molecule has 0 fully saturated rings. The number of aromatic nitrogens is 1. The molecule has 0 saturated heterocycles. The SMILES string of the molecule is CCCNC(c1cc(Cl)ccc1I)C(C)c1ccccn1. The molecule has 21 heavy (non-hydrogen) atoms. The molecule has 2 aromatic rings. The van der Waals surface area contributed by atoms with Gasteiger partial charge in [-0.25, -0.2) is 0 Å². The highest BCUT2D eigenvalue weighted by atomic mass is 127. The summed E-state index contributed by atoms with van der Waals surface area (Å²) in [4.78, 5) is 4.51. The Balaban J connectivity index is 2.36. The zero-order chi connectivity index (χ0) is 15.2. The van der Waals surface area contributed by atoms with Gasteiger partial charge in [0.15, 0.2) is 0 Å². The Bertz CT molecular complexity index is 574. The van der Waals surface area contributed by atoms with Gasteiger partial charge in [-0.3, -0.25) is 4.98 Å². The third kappa shape index (κ3) is 4.41. The van der Waals surface area contributed by atoms with Crippen LogP contribution < -0.4 is 5.32 Å². The first kappa shape index (κ1) is 16.7. The fraction of sp³-hybridized carbons (Fsp3) is 0.353. The van der Waals surface area contributed by atoms with E-state index >= 15 is 0 Å². The molecule has 1 heterocycles. The largest absolute Gasteiger partial charge is 0.309 e. The van der Waals surface area contributed by atoms with Crippen molar-refractivity contribution in [3.8, 4) is 0 Å². The minimum Gasteiger partial charge on any atom is -0.309 e. The molecule has 2 unspecified atom stereocenters. The van der Waals surface area contributed by atoms with Gasteiger partial charge >= 0.3 is 0 Å². The molecule has 0 aliphatic rings. The molecule has 112 valence electrons. The zero-order valence-corrected chi connectivity index (χ0v) is 15.2. The van der Waals surface area contributed by atoms with Crippen molar-refractivity contribution in [2.24, 2.45) is 0 Å². The standard InChI is InChI=1S/C17H20ClIN2/c1-3-9-21-17(12(2)16-6-4-5-10-20-16)14-11-13(18)7-8-15(14)19/h4-8,10-12,17,21H,3,9H2,1-2H3. The predicted octanol–water partition coefficient (Wildman–Crippen LogP) is 5.18. The van der Waals surface area contributed by atoms with Crippen LogP contribution in [-0.2, 0) is 0 Å². The Morgan fingerprint density at radius 1 is 1.29 bits per heavy atom. The van der Waals surface area contributed by atoms with E-state index in [0.717, 1.165) is 23.7 Å². The molecule has 2 atom stereocenters. The molecule has 1 N–H and O–H groups in total. The summed E-state index contributed by atoms with van der Waals surface area (Å²) in [6.45, 7) is 5.37. The topological polar surface area (TPSA) is 24.9 Å². The molecule has 1 aromatic carbocycles. The highest BCUT2D eigenvalue weighted by Gasteiger charge is 2.23. The molecular formula is C17H20ClIN2. The number of nitrogens with one attached hydrogen (secondary N) is 1. The van der Waals surface area contributed by atoms with Crippen molar-refractivity contribution >= 4 is 34.2 Å². The van der Waals surface area contributed by atoms with E-state index in [-0.39, 0.29) is 12.0 Å². The normalized spacial score (nSPS) is 13.9. The maximum absolute atomic E-state index is 6.20. The minimum absolute atomic E-state index is 0.213. The first-order chi connectivity index (χ1) is 10.1. The number of hydrogen-bond donors (Lipinski definition) is 1. The van der Waals surface area contributed by atoms with Gasteiger partial charge in [-0.1, -0.05) is 31.5 Å². The number of pyridine rings is 1. The number of benzene rings is 1. The second-order valence-corrected chi connectivity index (χ2v) is 6.74. The minimum atomic E-state index is 0.213. The van der Waals surface area contributed by atoms with Crippen LogP contribution in [0, 0.1) is 3.57 Å². The summed E-state index contributed by atoms with van der Waals surface area (Å²) in [7, 11) is 0. The quantitative estimate of drug-likeness (QED) is 0.659. The molecule has 4 heteroatoms. The molecule has 2 nitrogen and oxygen atoms in total. The first-order valence-electron chi connectivity index (χ1n) is 7.22. The van der Waals surface area contributed by atoms with Gasteiger partial charge in [-0.2, -0.15) is 0 Å². The summed E-state index contributed by atoms with van der Waals surface area (Å²) >= 11 is 8.58. The van der Waals surface area contributed by atoms with Crippen LogP contribution in [-0.4, -0.2) is 11.5 Å². The van der Waals surface area contributed by atoms with Gasteiger partial charge in [-0.05, 0) is 71.5 Å². The van der Waals surface area contributed by atoms with Crippen LogP contribution in [0.5, 0.6) is 0 Å². The molecule has 0 amide bonds. The van der Waals surface area contributed by atoms with Crippen LogP contribution in [0.2, 0.25) is 5.02 Å². The maximum atomic E-state index is 6.20. The Morgan fingerprint density at radius 3 is 2.76 bits per heavy atom. The van der Waals surface area contributed by atoms with Gasteiger partial charge in [0.25, 0.3) is 0 Å². The fourth-order valence-corrected chi connectivity index (χ4v) is 3.28. The van der Waals surface area contributed by atoms with Crippen LogP contribution in [0.4, 0.5) is 0 Å². The highest BCUT2D eigenvalue weighted by molar-refractivity contribution is 14.1. The van der Waals surface area contributed by atoms with E-state index in [9.17, 15) is 0 Å². The second-order valence-electron chi connectivity index (χ2n) is 5.14. The van der Waals surface area contributed by atoms with Gasteiger partial charge in [0.05, 0.1) is 0 Å². The van der Waals surface area contributed by atoms with Crippen molar-refractivity contribution in [2.45, 2.75) is 32.2 Å². The van der Waals surface area contributed by atoms with Gasteiger partial charge in [-0.15, -0.1) is 0 Å². The van der Waals surface area contributed by atoms with Gasteiger partial charge in [0.2, 0.25) is 0 Å². The molecule has 0 bridgehead atoms. The van der Waals surface area contributed by atoms with E-state index in [1.165, 1.54) is 9.13 Å². The lowest BCUT2D eigenvalue weighted by Crippen LogP contribution is -2.27. The Labute approximate surface area is 145 Å². The first-order valence-corrected chi connectivity index (χ1v) is 8.68. The molecule has 0 spiro atoms. The van der Waals surface area contributed by atoms with Gasteiger partial charge in [0.1, 0.15) is 0 Å². The van der Waals surface area contributed by atoms with E-state index in [2.05, 4.69) is 64.9 Å². The summed E-state index contributed by atoms with van der Waals surface area (Å²) in [5.41, 5.74) is 2.34. The van der Waals surface area contributed by atoms with Gasteiger partial charge in [0, 0.05) is 32.4 Å².